The zero-order valence-electron chi connectivity index (χ0n) is 17.7. The third-order valence-corrected chi connectivity index (χ3v) is 6.99. The Morgan fingerprint density at radius 3 is 2.41 bits per heavy atom. The summed E-state index contributed by atoms with van der Waals surface area (Å²) in [6.07, 6.45) is 1.76. The summed E-state index contributed by atoms with van der Waals surface area (Å²) in [5.74, 6) is 0. The minimum absolute atomic E-state index is 0.187. The number of H-pyrrole nitrogens is 2. The second-order valence-electron chi connectivity index (χ2n) is 7.85. The van der Waals surface area contributed by atoms with Gasteiger partial charge in [-0.15, -0.1) is 0 Å². The Balaban J connectivity index is 1.64. The number of halogens is 1. The highest BCUT2D eigenvalue weighted by Crippen LogP contribution is 2.39. The van der Waals surface area contributed by atoms with Crippen LogP contribution in [-0.2, 0) is 0 Å². The zero-order valence-corrected chi connectivity index (χ0v) is 19.3. The lowest BCUT2D eigenvalue weighted by molar-refractivity contribution is 1.12. The van der Waals surface area contributed by atoms with Crippen LogP contribution >= 0.6 is 23.4 Å². The van der Waals surface area contributed by atoms with E-state index in [9.17, 15) is 4.79 Å². The van der Waals surface area contributed by atoms with Crippen LogP contribution in [0.2, 0.25) is 5.02 Å². The average Bonchev–Trinajstić information content (AvgIpc) is 3.34. The molecular weight excluding hydrogens is 464 g/mol. The van der Waals surface area contributed by atoms with Gasteiger partial charge in [0.25, 0.3) is 5.56 Å². The van der Waals surface area contributed by atoms with Gasteiger partial charge in [-0.1, -0.05) is 71.9 Å². The van der Waals surface area contributed by atoms with Gasteiger partial charge in [0.05, 0.1) is 22.4 Å². The van der Waals surface area contributed by atoms with Crippen LogP contribution < -0.4 is 5.56 Å². The van der Waals surface area contributed by atoms with Gasteiger partial charge >= 0.3 is 0 Å². The number of aromatic nitrogens is 4. The van der Waals surface area contributed by atoms with E-state index in [1.165, 1.54) is 0 Å². The molecule has 6 aromatic rings. The van der Waals surface area contributed by atoms with Gasteiger partial charge < -0.3 is 4.98 Å². The number of benzene rings is 3. The molecule has 0 bridgehead atoms. The van der Waals surface area contributed by atoms with Gasteiger partial charge in [0.15, 0.2) is 0 Å². The molecule has 7 heteroatoms. The molecule has 5 nitrogen and oxygen atoms in total. The summed E-state index contributed by atoms with van der Waals surface area (Å²) in [4.78, 5) is 22.3. The Morgan fingerprint density at radius 2 is 1.62 bits per heavy atom. The molecule has 6 rings (SSSR count). The van der Waals surface area contributed by atoms with E-state index in [2.05, 4.69) is 27.3 Å². The molecule has 0 saturated carbocycles. The van der Waals surface area contributed by atoms with E-state index in [1.807, 2.05) is 66.7 Å². The van der Waals surface area contributed by atoms with E-state index >= 15 is 0 Å². The van der Waals surface area contributed by atoms with Gasteiger partial charge in [-0.05, 0) is 35.9 Å². The fraction of sp³-hybridized carbons (Fsp3) is 0. The van der Waals surface area contributed by atoms with Crippen LogP contribution in [0.1, 0.15) is 0 Å². The molecule has 0 unspecified atom stereocenters. The van der Waals surface area contributed by atoms with Crippen molar-refractivity contribution in [2.75, 3.05) is 0 Å². The summed E-state index contributed by atoms with van der Waals surface area (Å²) in [5.41, 5.74) is 4.72. The molecule has 0 fully saturated rings. The molecule has 0 atom stereocenters. The molecular formula is C27H17ClN4OS. The lowest BCUT2D eigenvalue weighted by atomic mass is 9.97. The van der Waals surface area contributed by atoms with Crippen molar-refractivity contribution in [2.24, 2.45) is 0 Å². The SMILES string of the molecule is O=c1cc(Sc2ccccc2)c2cc(-c3cc(Cl)c4[nH]ncc4c3)c(-c3ccccc3)nc2[nH]1. The smallest absolute Gasteiger partial charge is 0.250 e. The first-order valence-electron chi connectivity index (χ1n) is 10.6. The molecule has 0 radical (unpaired) electrons. The van der Waals surface area contributed by atoms with Gasteiger partial charge in [0.1, 0.15) is 5.65 Å². The maximum absolute atomic E-state index is 12.5. The van der Waals surface area contributed by atoms with E-state index in [-0.39, 0.29) is 5.56 Å². The van der Waals surface area contributed by atoms with Crippen LogP contribution in [0.3, 0.4) is 0 Å². The number of fused-ring (bicyclic) bond motifs is 2. The number of pyridine rings is 2. The molecule has 0 aliphatic carbocycles. The van der Waals surface area contributed by atoms with Crippen LogP contribution in [-0.4, -0.2) is 20.2 Å². The minimum atomic E-state index is -0.187. The highest BCUT2D eigenvalue weighted by Gasteiger charge is 2.16. The van der Waals surface area contributed by atoms with Crippen LogP contribution in [0.25, 0.3) is 44.3 Å². The number of hydrogen-bond acceptors (Lipinski definition) is 4. The zero-order chi connectivity index (χ0) is 23.1. The molecule has 3 aromatic heterocycles. The molecule has 2 N–H and O–H groups in total. The van der Waals surface area contributed by atoms with Gasteiger partial charge in [0, 0.05) is 37.8 Å². The Labute approximate surface area is 203 Å². The maximum Gasteiger partial charge on any atom is 0.250 e. The van der Waals surface area contributed by atoms with Crippen molar-refractivity contribution < 1.29 is 0 Å². The van der Waals surface area contributed by atoms with E-state index in [0.29, 0.717) is 10.7 Å². The molecule has 3 aromatic carbocycles. The first kappa shape index (κ1) is 20.7. The topological polar surface area (TPSA) is 74.4 Å². The molecule has 0 spiro atoms. The highest BCUT2D eigenvalue weighted by atomic mass is 35.5. The van der Waals surface area contributed by atoms with E-state index in [4.69, 9.17) is 16.6 Å². The molecule has 0 aliphatic rings. The lowest BCUT2D eigenvalue weighted by Crippen LogP contribution is -2.06. The van der Waals surface area contributed by atoms with Crippen molar-refractivity contribution >= 4 is 45.3 Å². The second kappa shape index (κ2) is 8.48. The predicted molar refractivity (Wildman–Crippen MR) is 138 cm³/mol. The quantitative estimate of drug-likeness (QED) is 0.286. The number of aromatic amines is 2. The Kier molecular flexibility index (Phi) is 5.17. The maximum atomic E-state index is 12.5. The Hall–Kier alpha value is -3.87. The number of hydrogen-bond donors (Lipinski definition) is 2. The van der Waals surface area contributed by atoms with Crippen LogP contribution in [0.15, 0.2) is 106 Å². The molecule has 164 valence electrons. The third-order valence-electron chi connectivity index (χ3n) is 5.62. The summed E-state index contributed by atoms with van der Waals surface area (Å²) in [5, 5.41) is 9.45. The minimum Gasteiger partial charge on any atom is -0.306 e. The Morgan fingerprint density at radius 1 is 0.853 bits per heavy atom. The molecule has 34 heavy (non-hydrogen) atoms. The molecule has 0 amide bonds. The van der Waals surface area contributed by atoms with Crippen molar-refractivity contribution in [2.45, 2.75) is 9.79 Å². The third kappa shape index (κ3) is 3.77. The van der Waals surface area contributed by atoms with Crippen LogP contribution in [0.4, 0.5) is 0 Å². The van der Waals surface area contributed by atoms with Crippen molar-refractivity contribution in [1.82, 2.24) is 20.2 Å². The monoisotopic (exact) mass is 480 g/mol. The molecule has 0 aliphatic heterocycles. The second-order valence-corrected chi connectivity index (χ2v) is 9.37. The highest BCUT2D eigenvalue weighted by molar-refractivity contribution is 7.99. The predicted octanol–water partition coefficient (Wildman–Crippen LogP) is 6.94. The van der Waals surface area contributed by atoms with Crippen LogP contribution in [0.5, 0.6) is 0 Å². The van der Waals surface area contributed by atoms with E-state index in [0.717, 1.165) is 48.5 Å². The first-order chi connectivity index (χ1) is 16.7. The summed E-state index contributed by atoms with van der Waals surface area (Å²) < 4.78 is 0. The standard InChI is InChI=1S/C27H17ClN4OS/c28-22-12-17(11-18-15-29-32-26(18)22)20-13-21-23(34-19-9-5-2-6-10-19)14-24(33)30-27(21)31-25(20)16-7-3-1-4-8-16/h1-15H,(H,29,32)(H,30,31,33). The Bertz CT molecular complexity index is 1710. The molecule has 3 heterocycles. The lowest BCUT2D eigenvalue weighted by Gasteiger charge is -2.14. The largest absolute Gasteiger partial charge is 0.306 e. The first-order valence-corrected chi connectivity index (χ1v) is 11.8. The van der Waals surface area contributed by atoms with Crippen molar-refractivity contribution in [3.63, 3.8) is 0 Å². The van der Waals surface area contributed by atoms with E-state index in [1.54, 1.807) is 24.0 Å². The fourth-order valence-corrected chi connectivity index (χ4v) is 5.30. The molecule has 0 saturated heterocycles. The van der Waals surface area contributed by atoms with Gasteiger partial charge in [-0.2, -0.15) is 5.10 Å². The van der Waals surface area contributed by atoms with Gasteiger partial charge in [-0.3, -0.25) is 9.89 Å². The fourth-order valence-electron chi connectivity index (χ4n) is 4.05. The number of rotatable bonds is 4. The number of nitrogens with zero attached hydrogens (tertiary/aromatic N) is 2. The summed E-state index contributed by atoms with van der Waals surface area (Å²) in [6.45, 7) is 0. The van der Waals surface area contributed by atoms with Crippen molar-refractivity contribution in [3.8, 4) is 22.4 Å². The van der Waals surface area contributed by atoms with Gasteiger partial charge in [0.2, 0.25) is 0 Å². The number of nitrogens with one attached hydrogen (secondary N) is 2. The summed E-state index contributed by atoms with van der Waals surface area (Å²) in [7, 11) is 0. The van der Waals surface area contributed by atoms with Gasteiger partial charge in [-0.25, -0.2) is 4.98 Å². The normalized spacial score (nSPS) is 11.3. The summed E-state index contributed by atoms with van der Waals surface area (Å²) in [6, 6.07) is 27.6. The average molecular weight is 481 g/mol. The van der Waals surface area contributed by atoms with Crippen molar-refractivity contribution in [3.05, 3.63) is 107 Å². The van der Waals surface area contributed by atoms with E-state index < -0.39 is 0 Å². The summed E-state index contributed by atoms with van der Waals surface area (Å²) >= 11 is 8.13. The van der Waals surface area contributed by atoms with Crippen LogP contribution in [0, 0.1) is 0 Å². The van der Waals surface area contributed by atoms with Crippen molar-refractivity contribution in [1.29, 1.82) is 0 Å².